The Kier molecular flexibility index (Phi) is 8.21. The van der Waals surface area contributed by atoms with Gasteiger partial charge in [-0.1, -0.05) is 0 Å². The van der Waals surface area contributed by atoms with Crippen molar-refractivity contribution in [2.45, 2.75) is 44.0 Å². The summed E-state index contributed by atoms with van der Waals surface area (Å²) in [5.41, 5.74) is 1.44. The quantitative estimate of drug-likeness (QED) is 0.813. The SMILES string of the molecule is COCCC1COC2(CCCN(Cc3ccncc3)C2)C1.O=C(O)C(F)(F)F. The summed E-state index contributed by atoms with van der Waals surface area (Å²) in [6.45, 7) is 5.02. The van der Waals surface area contributed by atoms with Crippen LogP contribution in [0.15, 0.2) is 24.5 Å². The number of aliphatic carboxylic acids is 1. The van der Waals surface area contributed by atoms with E-state index in [0.717, 1.165) is 32.7 Å². The smallest absolute Gasteiger partial charge is 0.475 e. The zero-order valence-corrected chi connectivity index (χ0v) is 16.0. The van der Waals surface area contributed by atoms with Crippen LogP contribution in [0.4, 0.5) is 13.2 Å². The molecular formula is C19H27F3N2O4. The number of aromatic nitrogens is 1. The maximum atomic E-state index is 10.6. The van der Waals surface area contributed by atoms with E-state index in [0.29, 0.717) is 5.92 Å². The molecule has 0 aromatic carbocycles. The lowest BCUT2D eigenvalue weighted by Crippen LogP contribution is -2.47. The average molecular weight is 404 g/mol. The van der Waals surface area contributed by atoms with Crippen molar-refractivity contribution >= 4 is 5.97 Å². The van der Waals surface area contributed by atoms with Gasteiger partial charge in [0.05, 0.1) is 12.2 Å². The van der Waals surface area contributed by atoms with Crippen LogP contribution >= 0.6 is 0 Å². The second-order valence-electron chi connectivity index (χ2n) is 7.32. The molecule has 3 rings (SSSR count). The zero-order valence-electron chi connectivity index (χ0n) is 16.0. The molecule has 2 atom stereocenters. The lowest BCUT2D eigenvalue weighted by molar-refractivity contribution is -0.192. The minimum absolute atomic E-state index is 0.101. The summed E-state index contributed by atoms with van der Waals surface area (Å²) in [5, 5.41) is 7.12. The number of likely N-dealkylation sites (tertiary alicyclic amines) is 1. The Morgan fingerprint density at radius 1 is 1.43 bits per heavy atom. The van der Waals surface area contributed by atoms with Gasteiger partial charge in [0.1, 0.15) is 0 Å². The Hall–Kier alpha value is -1.71. The number of hydrogen-bond donors (Lipinski definition) is 1. The van der Waals surface area contributed by atoms with Crippen molar-refractivity contribution in [1.82, 2.24) is 9.88 Å². The van der Waals surface area contributed by atoms with Crippen molar-refractivity contribution in [3.8, 4) is 0 Å². The highest BCUT2D eigenvalue weighted by molar-refractivity contribution is 5.73. The molecule has 1 spiro atoms. The lowest BCUT2D eigenvalue weighted by atomic mass is 9.85. The molecule has 0 bridgehead atoms. The normalized spacial score (nSPS) is 25.4. The van der Waals surface area contributed by atoms with Crippen LogP contribution < -0.4 is 0 Å². The van der Waals surface area contributed by atoms with E-state index >= 15 is 0 Å². The molecule has 2 fully saturated rings. The maximum Gasteiger partial charge on any atom is 0.490 e. The molecule has 0 radical (unpaired) electrons. The number of methoxy groups -OCH3 is 1. The van der Waals surface area contributed by atoms with E-state index in [4.69, 9.17) is 19.4 Å². The first kappa shape index (κ1) is 22.6. The predicted molar refractivity (Wildman–Crippen MR) is 95.7 cm³/mol. The van der Waals surface area contributed by atoms with Gasteiger partial charge < -0.3 is 14.6 Å². The molecule has 1 N–H and O–H groups in total. The van der Waals surface area contributed by atoms with Crippen LogP contribution in [-0.2, 0) is 20.8 Å². The summed E-state index contributed by atoms with van der Waals surface area (Å²) < 4.78 is 43.2. The van der Waals surface area contributed by atoms with E-state index in [1.54, 1.807) is 7.11 Å². The van der Waals surface area contributed by atoms with Crippen molar-refractivity contribution in [2.24, 2.45) is 5.92 Å². The summed E-state index contributed by atoms with van der Waals surface area (Å²) in [4.78, 5) is 15.5. The maximum absolute atomic E-state index is 10.6. The van der Waals surface area contributed by atoms with Crippen LogP contribution in [0.1, 0.15) is 31.2 Å². The van der Waals surface area contributed by atoms with Crippen molar-refractivity contribution < 1.29 is 32.5 Å². The second-order valence-corrected chi connectivity index (χ2v) is 7.32. The molecule has 2 aliphatic heterocycles. The monoisotopic (exact) mass is 404 g/mol. The Balaban J connectivity index is 0.000000345. The molecular weight excluding hydrogens is 377 g/mol. The number of ether oxygens (including phenoxy) is 2. The zero-order chi connectivity index (χ0) is 20.6. The van der Waals surface area contributed by atoms with Gasteiger partial charge >= 0.3 is 12.1 Å². The second kappa shape index (κ2) is 10.2. The summed E-state index contributed by atoms with van der Waals surface area (Å²) in [7, 11) is 1.78. The molecule has 0 saturated carbocycles. The van der Waals surface area contributed by atoms with Gasteiger partial charge in [-0.2, -0.15) is 13.2 Å². The molecule has 0 amide bonds. The van der Waals surface area contributed by atoms with Crippen LogP contribution in [0.25, 0.3) is 0 Å². The summed E-state index contributed by atoms with van der Waals surface area (Å²) in [5.74, 6) is -2.08. The van der Waals surface area contributed by atoms with Gasteiger partial charge in [0.15, 0.2) is 0 Å². The number of rotatable bonds is 5. The molecule has 2 saturated heterocycles. The van der Waals surface area contributed by atoms with Gasteiger partial charge in [-0.05, 0) is 55.8 Å². The van der Waals surface area contributed by atoms with Crippen molar-refractivity contribution in [2.75, 3.05) is 33.4 Å². The Labute approximate surface area is 162 Å². The number of hydrogen-bond acceptors (Lipinski definition) is 5. The Bertz CT molecular complexity index is 615. The van der Waals surface area contributed by atoms with Crippen LogP contribution in [0.2, 0.25) is 0 Å². The number of alkyl halides is 3. The summed E-state index contributed by atoms with van der Waals surface area (Å²) in [6, 6.07) is 4.22. The van der Waals surface area contributed by atoms with Gasteiger partial charge in [-0.3, -0.25) is 9.88 Å². The fraction of sp³-hybridized carbons (Fsp3) is 0.684. The highest BCUT2D eigenvalue weighted by Gasteiger charge is 2.43. The number of carboxylic acids is 1. The Morgan fingerprint density at radius 2 is 2.11 bits per heavy atom. The highest BCUT2D eigenvalue weighted by Crippen LogP contribution is 2.38. The molecule has 6 nitrogen and oxygen atoms in total. The topological polar surface area (TPSA) is 71.9 Å². The van der Waals surface area contributed by atoms with Crippen molar-refractivity contribution in [3.05, 3.63) is 30.1 Å². The van der Waals surface area contributed by atoms with Crippen LogP contribution in [-0.4, -0.2) is 66.2 Å². The van der Waals surface area contributed by atoms with E-state index in [1.165, 1.54) is 31.4 Å². The van der Waals surface area contributed by atoms with Gasteiger partial charge in [0, 0.05) is 39.2 Å². The lowest BCUT2D eigenvalue weighted by Gasteiger charge is -2.40. The molecule has 9 heteroatoms. The van der Waals surface area contributed by atoms with E-state index in [1.807, 2.05) is 12.4 Å². The molecule has 158 valence electrons. The molecule has 1 aromatic heterocycles. The standard InChI is InChI=1S/C17H26N2O2.C2HF3O2/c1-20-10-5-16-11-17(21-13-16)6-2-9-19(14-17)12-15-3-7-18-8-4-15;3-2(4,5)1(6)7/h3-4,7-8,16H,2,5-6,9-14H2,1H3;(H,6,7). The first-order valence-corrected chi connectivity index (χ1v) is 9.28. The third kappa shape index (κ3) is 7.03. The molecule has 2 aliphatic rings. The number of halogens is 3. The van der Waals surface area contributed by atoms with Crippen molar-refractivity contribution in [3.63, 3.8) is 0 Å². The van der Waals surface area contributed by atoms with Gasteiger partial charge in [0.2, 0.25) is 0 Å². The highest BCUT2D eigenvalue weighted by atomic mass is 19.4. The molecule has 0 aliphatic carbocycles. The fourth-order valence-electron chi connectivity index (χ4n) is 3.76. The number of carboxylic acid groups (broad SMARTS) is 1. The van der Waals surface area contributed by atoms with E-state index in [2.05, 4.69) is 22.0 Å². The minimum atomic E-state index is -5.08. The number of piperidine rings is 1. The van der Waals surface area contributed by atoms with Gasteiger partial charge in [0.25, 0.3) is 0 Å². The number of carbonyl (C=O) groups is 1. The fourth-order valence-corrected chi connectivity index (χ4v) is 3.76. The molecule has 2 unspecified atom stereocenters. The summed E-state index contributed by atoms with van der Waals surface area (Å²) >= 11 is 0. The first-order valence-electron chi connectivity index (χ1n) is 9.28. The first-order chi connectivity index (χ1) is 13.2. The third-order valence-electron chi connectivity index (χ3n) is 5.03. The van der Waals surface area contributed by atoms with E-state index in [-0.39, 0.29) is 5.60 Å². The van der Waals surface area contributed by atoms with Crippen molar-refractivity contribution in [1.29, 1.82) is 0 Å². The minimum Gasteiger partial charge on any atom is -0.475 e. The Morgan fingerprint density at radius 3 is 2.71 bits per heavy atom. The van der Waals surface area contributed by atoms with Crippen LogP contribution in [0.5, 0.6) is 0 Å². The summed E-state index contributed by atoms with van der Waals surface area (Å²) in [6.07, 6.45) is 3.45. The molecule has 28 heavy (non-hydrogen) atoms. The molecule has 1 aromatic rings. The van der Waals surface area contributed by atoms with E-state index < -0.39 is 12.1 Å². The average Bonchev–Trinajstić information content (AvgIpc) is 3.02. The molecule has 3 heterocycles. The van der Waals surface area contributed by atoms with Crippen LogP contribution in [0, 0.1) is 5.92 Å². The van der Waals surface area contributed by atoms with E-state index in [9.17, 15) is 13.2 Å². The van der Waals surface area contributed by atoms with Gasteiger partial charge in [-0.25, -0.2) is 4.79 Å². The third-order valence-corrected chi connectivity index (χ3v) is 5.03. The number of pyridine rings is 1. The number of nitrogens with zero attached hydrogens (tertiary/aromatic N) is 2. The van der Waals surface area contributed by atoms with Crippen LogP contribution in [0.3, 0.4) is 0 Å². The largest absolute Gasteiger partial charge is 0.490 e. The van der Waals surface area contributed by atoms with Gasteiger partial charge in [-0.15, -0.1) is 0 Å². The predicted octanol–water partition coefficient (Wildman–Crippen LogP) is 3.12.